The zero-order valence-corrected chi connectivity index (χ0v) is 13.7. The summed E-state index contributed by atoms with van der Waals surface area (Å²) in [5.41, 5.74) is 0.578. The van der Waals surface area contributed by atoms with Crippen LogP contribution in [0.4, 0.5) is 23.7 Å². The number of nitrogens with zero attached hydrogens (tertiary/aromatic N) is 3. The number of alkyl halides is 3. The quantitative estimate of drug-likeness (QED) is 0.800. The monoisotopic (exact) mass is 366 g/mol. The summed E-state index contributed by atoms with van der Waals surface area (Å²) in [6.07, 6.45) is -0.347. The highest BCUT2D eigenvalue weighted by Crippen LogP contribution is 2.18. The maximum Gasteiger partial charge on any atom is 0.406 e. The summed E-state index contributed by atoms with van der Waals surface area (Å²) in [6.45, 7) is 1.96. The van der Waals surface area contributed by atoms with Crippen LogP contribution in [0.25, 0.3) is 0 Å². The Morgan fingerprint density at radius 1 is 1.35 bits per heavy atom. The number of halogens is 3. The second-order valence-corrected chi connectivity index (χ2v) is 5.45. The Morgan fingerprint density at radius 2 is 2.12 bits per heavy atom. The lowest BCUT2D eigenvalue weighted by atomic mass is 10.2. The Bertz CT molecular complexity index is 833. The number of rotatable bonds is 6. The molecule has 2 rings (SSSR count). The molecule has 0 bridgehead atoms. The van der Waals surface area contributed by atoms with Crippen LogP contribution in [-0.2, 0) is 6.54 Å². The highest BCUT2D eigenvalue weighted by Gasteiger charge is 2.32. The van der Waals surface area contributed by atoms with E-state index in [0.717, 1.165) is 0 Å². The molecule has 9 heteroatoms. The van der Waals surface area contributed by atoms with Crippen LogP contribution in [0.1, 0.15) is 5.56 Å². The van der Waals surface area contributed by atoms with Gasteiger partial charge in [0.1, 0.15) is 6.54 Å². The number of aromatic nitrogens is 2. The molecule has 138 valence electrons. The highest BCUT2D eigenvalue weighted by atomic mass is 19.4. The van der Waals surface area contributed by atoms with E-state index >= 15 is 0 Å². The van der Waals surface area contributed by atoms with Crippen LogP contribution in [0, 0.1) is 0 Å². The molecule has 6 nitrogen and oxygen atoms in total. The molecule has 0 atom stereocenters. The molecular formula is C17H17F3N4O2. The van der Waals surface area contributed by atoms with Gasteiger partial charge >= 0.3 is 17.9 Å². The van der Waals surface area contributed by atoms with Crippen LogP contribution in [0.15, 0.2) is 60.2 Å². The van der Waals surface area contributed by atoms with Crippen molar-refractivity contribution in [3.05, 3.63) is 71.4 Å². The third kappa shape index (κ3) is 5.76. The molecule has 0 aliphatic carbocycles. The number of urea groups is 1. The van der Waals surface area contributed by atoms with Crippen molar-refractivity contribution in [3.8, 4) is 0 Å². The minimum absolute atomic E-state index is 0.218. The number of amides is 2. The van der Waals surface area contributed by atoms with Crippen molar-refractivity contribution >= 4 is 11.7 Å². The van der Waals surface area contributed by atoms with Gasteiger partial charge in [0, 0.05) is 24.6 Å². The van der Waals surface area contributed by atoms with Gasteiger partial charge < -0.3 is 10.2 Å². The standard InChI is InChI=1S/C17H17F3N4O2/c1-2-8-24(12-17(18,19)20)16(26)22-14-6-3-5-13(10-14)11-23-9-4-7-21-15(23)25/h2-7,9-10H,1,8,11-12H2,(H,22,26). The van der Waals surface area contributed by atoms with Gasteiger partial charge in [-0.05, 0) is 23.8 Å². The van der Waals surface area contributed by atoms with Gasteiger partial charge in [-0.3, -0.25) is 4.57 Å². The summed E-state index contributed by atoms with van der Waals surface area (Å²) in [4.78, 5) is 28.0. The van der Waals surface area contributed by atoms with Gasteiger partial charge in [-0.2, -0.15) is 13.2 Å². The molecule has 0 radical (unpaired) electrons. The topological polar surface area (TPSA) is 67.2 Å². The molecule has 26 heavy (non-hydrogen) atoms. The van der Waals surface area contributed by atoms with Crippen LogP contribution in [-0.4, -0.2) is 39.7 Å². The van der Waals surface area contributed by atoms with Gasteiger partial charge in [0.25, 0.3) is 0 Å². The fourth-order valence-corrected chi connectivity index (χ4v) is 2.25. The zero-order valence-electron chi connectivity index (χ0n) is 13.7. The lowest BCUT2D eigenvalue weighted by molar-refractivity contribution is -0.138. The van der Waals surface area contributed by atoms with Crippen LogP contribution in [0.3, 0.4) is 0 Å². The van der Waals surface area contributed by atoms with Crippen molar-refractivity contribution < 1.29 is 18.0 Å². The SMILES string of the molecule is C=CCN(CC(F)(F)F)C(=O)Nc1cccc(Cn2cccnc2=O)c1. The second-order valence-electron chi connectivity index (χ2n) is 5.45. The largest absolute Gasteiger partial charge is 0.406 e. The van der Waals surface area contributed by atoms with E-state index in [-0.39, 0.29) is 13.1 Å². The molecule has 0 aliphatic heterocycles. The van der Waals surface area contributed by atoms with E-state index < -0.39 is 24.4 Å². The molecule has 1 aromatic heterocycles. The number of hydrogen-bond acceptors (Lipinski definition) is 3. The Kier molecular flexibility index (Phi) is 6.16. The Balaban J connectivity index is 2.11. The number of carbonyl (C=O) groups is 1. The van der Waals surface area contributed by atoms with E-state index in [1.807, 2.05) is 0 Å². The smallest absolute Gasteiger partial charge is 0.312 e. The number of anilines is 1. The first-order valence-corrected chi connectivity index (χ1v) is 7.62. The Hall–Kier alpha value is -3.10. The average molecular weight is 366 g/mol. The van der Waals surface area contributed by atoms with Crippen molar-refractivity contribution in [2.75, 3.05) is 18.4 Å². The molecule has 1 aromatic carbocycles. The predicted octanol–water partition coefficient (Wildman–Crippen LogP) is 2.87. The van der Waals surface area contributed by atoms with E-state index in [1.54, 1.807) is 36.5 Å². The average Bonchev–Trinajstić information content (AvgIpc) is 2.56. The summed E-state index contributed by atoms with van der Waals surface area (Å²) in [7, 11) is 0. The van der Waals surface area contributed by atoms with Crippen LogP contribution >= 0.6 is 0 Å². The number of carbonyl (C=O) groups excluding carboxylic acids is 1. The van der Waals surface area contributed by atoms with Crippen molar-refractivity contribution in [1.29, 1.82) is 0 Å². The maximum atomic E-state index is 12.6. The predicted molar refractivity (Wildman–Crippen MR) is 90.9 cm³/mol. The molecular weight excluding hydrogens is 349 g/mol. The summed E-state index contributed by atoms with van der Waals surface area (Å²) in [5, 5.41) is 2.43. The van der Waals surface area contributed by atoms with E-state index in [0.29, 0.717) is 16.2 Å². The molecule has 0 saturated heterocycles. The van der Waals surface area contributed by atoms with Crippen molar-refractivity contribution in [2.24, 2.45) is 0 Å². The van der Waals surface area contributed by atoms with E-state index in [9.17, 15) is 22.8 Å². The Morgan fingerprint density at radius 3 is 2.77 bits per heavy atom. The summed E-state index contributed by atoms with van der Waals surface area (Å²) in [6, 6.07) is 7.21. The van der Waals surface area contributed by atoms with E-state index in [2.05, 4.69) is 16.9 Å². The minimum atomic E-state index is -4.51. The number of benzene rings is 1. The van der Waals surface area contributed by atoms with Crippen molar-refractivity contribution in [2.45, 2.75) is 12.7 Å². The second kappa shape index (κ2) is 8.32. The maximum absolute atomic E-state index is 12.6. The molecule has 1 heterocycles. The van der Waals surface area contributed by atoms with Crippen LogP contribution in [0.5, 0.6) is 0 Å². The number of nitrogens with one attached hydrogen (secondary N) is 1. The van der Waals surface area contributed by atoms with Crippen molar-refractivity contribution in [1.82, 2.24) is 14.5 Å². The van der Waals surface area contributed by atoms with Crippen molar-refractivity contribution in [3.63, 3.8) is 0 Å². The van der Waals surface area contributed by atoms with Crippen LogP contribution in [0.2, 0.25) is 0 Å². The zero-order chi connectivity index (χ0) is 19.2. The molecule has 0 saturated carbocycles. The Labute approximate surface area is 147 Å². The van der Waals surface area contributed by atoms with Gasteiger partial charge in [0.2, 0.25) is 0 Å². The molecule has 1 N–H and O–H groups in total. The molecule has 0 aliphatic rings. The van der Waals surface area contributed by atoms with Gasteiger partial charge in [-0.25, -0.2) is 14.6 Å². The van der Waals surface area contributed by atoms with Gasteiger partial charge in [-0.15, -0.1) is 6.58 Å². The minimum Gasteiger partial charge on any atom is -0.312 e. The highest BCUT2D eigenvalue weighted by molar-refractivity contribution is 5.89. The molecule has 0 spiro atoms. The molecule has 0 unspecified atom stereocenters. The van der Waals surface area contributed by atoms with Gasteiger partial charge in [-0.1, -0.05) is 18.2 Å². The first-order valence-electron chi connectivity index (χ1n) is 7.62. The third-order valence-corrected chi connectivity index (χ3v) is 3.32. The fraction of sp³-hybridized carbons (Fsp3) is 0.235. The normalized spacial score (nSPS) is 11.0. The molecule has 2 aromatic rings. The summed E-state index contributed by atoms with van der Waals surface area (Å²) in [5.74, 6) is 0. The lowest BCUT2D eigenvalue weighted by Gasteiger charge is -2.23. The first-order chi connectivity index (χ1) is 12.3. The van der Waals surface area contributed by atoms with Gasteiger partial charge in [0.05, 0.1) is 6.54 Å². The lowest BCUT2D eigenvalue weighted by Crippen LogP contribution is -2.41. The summed E-state index contributed by atoms with van der Waals surface area (Å²) >= 11 is 0. The third-order valence-electron chi connectivity index (χ3n) is 3.32. The van der Waals surface area contributed by atoms with E-state index in [4.69, 9.17) is 0 Å². The first kappa shape index (κ1) is 19.2. The fourth-order valence-electron chi connectivity index (χ4n) is 2.25. The molecule has 2 amide bonds. The van der Waals surface area contributed by atoms with Gasteiger partial charge in [0.15, 0.2) is 0 Å². The number of hydrogen-bond donors (Lipinski definition) is 1. The summed E-state index contributed by atoms with van der Waals surface area (Å²) < 4.78 is 39.1. The van der Waals surface area contributed by atoms with Crippen LogP contribution < -0.4 is 11.0 Å². The van der Waals surface area contributed by atoms with E-state index in [1.165, 1.54) is 16.8 Å². The molecule has 0 fully saturated rings.